The lowest BCUT2D eigenvalue weighted by Crippen LogP contribution is -2.35. The van der Waals surface area contributed by atoms with E-state index in [1.54, 1.807) is 18.2 Å². The van der Waals surface area contributed by atoms with Gasteiger partial charge in [-0.1, -0.05) is 23.2 Å². The van der Waals surface area contributed by atoms with Crippen molar-refractivity contribution in [1.29, 1.82) is 0 Å². The maximum Gasteiger partial charge on any atom is 0.240 e. The average Bonchev–Trinajstić information content (AvgIpc) is 2.97. The van der Waals surface area contributed by atoms with E-state index in [2.05, 4.69) is 0 Å². The summed E-state index contributed by atoms with van der Waals surface area (Å²) in [5.41, 5.74) is 0.461. The molecule has 6 atom stereocenters. The Balaban J connectivity index is 1.56. The van der Waals surface area contributed by atoms with Crippen molar-refractivity contribution in [3.05, 3.63) is 28.2 Å². The summed E-state index contributed by atoms with van der Waals surface area (Å²) in [6.07, 6.45) is -0.591. The molecule has 4 aliphatic rings. The van der Waals surface area contributed by atoms with Crippen LogP contribution in [0.15, 0.2) is 18.2 Å². The fraction of sp³-hybridized carbons (Fsp3) is 0.429. The maximum absolute atomic E-state index is 12.6. The number of anilines is 1. The molecule has 1 aromatic rings. The van der Waals surface area contributed by atoms with Crippen LogP contribution in [0.5, 0.6) is 0 Å². The summed E-state index contributed by atoms with van der Waals surface area (Å²) < 4.78 is 11.2. The zero-order valence-corrected chi connectivity index (χ0v) is 12.0. The minimum atomic E-state index is -0.430. The first-order valence-electron chi connectivity index (χ1n) is 6.72. The van der Waals surface area contributed by atoms with Crippen LogP contribution < -0.4 is 4.90 Å². The van der Waals surface area contributed by atoms with E-state index in [9.17, 15) is 9.59 Å². The molecule has 1 aromatic carbocycles. The number of carbonyl (C=O) groups is 2. The van der Waals surface area contributed by atoms with Crippen LogP contribution >= 0.6 is 23.2 Å². The second-order valence-electron chi connectivity index (χ2n) is 5.79. The molecule has 0 radical (unpaired) electrons. The summed E-state index contributed by atoms with van der Waals surface area (Å²) >= 11 is 11.9. The Kier molecular flexibility index (Phi) is 2.24. The Morgan fingerprint density at radius 2 is 1.43 bits per heavy atom. The number of carbonyl (C=O) groups excluding carboxylic acids is 2. The van der Waals surface area contributed by atoms with Gasteiger partial charge in [0.25, 0.3) is 0 Å². The van der Waals surface area contributed by atoms with Crippen LogP contribution in [0.3, 0.4) is 0 Å². The molecule has 4 fully saturated rings. The predicted molar refractivity (Wildman–Crippen MR) is 73.3 cm³/mol. The quantitative estimate of drug-likeness (QED) is 0.582. The first kappa shape index (κ1) is 12.4. The van der Waals surface area contributed by atoms with Crippen molar-refractivity contribution in [3.63, 3.8) is 0 Å². The van der Waals surface area contributed by atoms with Crippen LogP contribution in [0.2, 0.25) is 10.0 Å². The first-order valence-corrected chi connectivity index (χ1v) is 7.47. The molecule has 21 heavy (non-hydrogen) atoms. The third-order valence-electron chi connectivity index (χ3n) is 4.79. The number of fused-ring (bicyclic) bond motifs is 8. The van der Waals surface area contributed by atoms with E-state index in [4.69, 9.17) is 32.7 Å². The molecule has 4 heterocycles. The standard InChI is InChI=1S/C14H9Cl2NO4/c15-5-2-1-4(3-6(5)16)17-13(18)7-8(14(17)19)10-12-11(21-12)9(7)20-10/h1-3,7-12H/t7-,8+,9-,10+,11-,12+. The number of benzene rings is 1. The zero-order chi connectivity index (χ0) is 14.5. The Morgan fingerprint density at radius 1 is 0.857 bits per heavy atom. The third kappa shape index (κ3) is 1.40. The number of amides is 2. The highest BCUT2D eigenvalue weighted by molar-refractivity contribution is 6.42. The lowest BCUT2D eigenvalue weighted by molar-refractivity contribution is -0.126. The SMILES string of the molecule is O=C1[C@@H]2[C@@H]3O[C@@H]([C@H]4O[C@H]43)[C@@H]2C(=O)N1c1ccc(Cl)c(Cl)c1. The van der Waals surface area contributed by atoms with Gasteiger partial charge in [-0.2, -0.15) is 0 Å². The number of ether oxygens (including phenoxy) is 2. The van der Waals surface area contributed by atoms with E-state index in [1.165, 1.54) is 4.90 Å². The van der Waals surface area contributed by atoms with Crippen LogP contribution in [0.25, 0.3) is 0 Å². The zero-order valence-electron chi connectivity index (χ0n) is 10.5. The van der Waals surface area contributed by atoms with Crippen molar-refractivity contribution in [3.8, 4) is 0 Å². The second-order valence-corrected chi connectivity index (χ2v) is 6.61. The molecule has 5 nitrogen and oxygen atoms in total. The fourth-order valence-corrected chi connectivity index (χ4v) is 4.15. The molecular formula is C14H9Cl2NO4. The van der Waals surface area contributed by atoms with Gasteiger partial charge >= 0.3 is 0 Å². The average molecular weight is 326 g/mol. The predicted octanol–water partition coefficient (Wildman–Crippen LogP) is 1.65. The van der Waals surface area contributed by atoms with E-state index in [0.29, 0.717) is 15.7 Å². The molecule has 0 saturated carbocycles. The van der Waals surface area contributed by atoms with E-state index >= 15 is 0 Å². The van der Waals surface area contributed by atoms with Crippen LogP contribution in [0, 0.1) is 11.8 Å². The van der Waals surface area contributed by atoms with E-state index in [1.807, 2.05) is 0 Å². The second kappa shape index (κ2) is 3.79. The minimum Gasteiger partial charge on any atom is -0.368 e. The Hall–Kier alpha value is -1.14. The molecule has 2 amide bonds. The lowest BCUT2D eigenvalue weighted by atomic mass is 9.81. The molecule has 108 valence electrons. The number of nitrogens with zero attached hydrogens (tertiary/aromatic N) is 1. The highest BCUT2D eigenvalue weighted by Crippen LogP contribution is 2.57. The normalized spacial score (nSPS) is 42.5. The number of halogens is 2. The van der Waals surface area contributed by atoms with Crippen molar-refractivity contribution < 1.29 is 19.1 Å². The monoisotopic (exact) mass is 325 g/mol. The number of epoxide rings is 1. The van der Waals surface area contributed by atoms with Crippen molar-refractivity contribution >= 4 is 40.7 Å². The number of hydrogen-bond acceptors (Lipinski definition) is 4. The van der Waals surface area contributed by atoms with Crippen LogP contribution in [-0.2, 0) is 19.1 Å². The van der Waals surface area contributed by atoms with E-state index in [-0.39, 0.29) is 36.2 Å². The molecule has 0 N–H and O–H groups in total. The molecule has 0 spiro atoms. The summed E-state index contributed by atoms with van der Waals surface area (Å²) in [7, 11) is 0. The Morgan fingerprint density at radius 3 is 2.00 bits per heavy atom. The summed E-state index contributed by atoms with van der Waals surface area (Å²) in [5.74, 6) is -1.32. The van der Waals surface area contributed by atoms with Gasteiger partial charge in [-0.3, -0.25) is 9.59 Å². The number of rotatable bonds is 1. The van der Waals surface area contributed by atoms with Crippen molar-refractivity contribution in [2.75, 3.05) is 4.90 Å². The summed E-state index contributed by atoms with van der Waals surface area (Å²) in [6.45, 7) is 0. The summed E-state index contributed by atoms with van der Waals surface area (Å²) in [6, 6.07) is 4.76. The molecule has 0 unspecified atom stereocenters. The molecular weight excluding hydrogens is 317 g/mol. The minimum absolute atomic E-state index is 0.0123. The highest BCUT2D eigenvalue weighted by atomic mass is 35.5. The molecule has 0 aromatic heterocycles. The third-order valence-corrected chi connectivity index (χ3v) is 5.53. The smallest absolute Gasteiger partial charge is 0.240 e. The van der Waals surface area contributed by atoms with Crippen LogP contribution in [0.1, 0.15) is 0 Å². The van der Waals surface area contributed by atoms with Gasteiger partial charge in [0.05, 0.1) is 39.8 Å². The van der Waals surface area contributed by atoms with Crippen LogP contribution in [0.4, 0.5) is 5.69 Å². The van der Waals surface area contributed by atoms with E-state index in [0.717, 1.165) is 0 Å². The summed E-state index contributed by atoms with van der Waals surface area (Å²) in [5, 5.41) is 0.704. The van der Waals surface area contributed by atoms with Gasteiger partial charge in [-0.15, -0.1) is 0 Å². The van der Waals surface area contributed by atoms with Crippen molar-refractivity contribution in [2.24, 2.45) is 11.8 Å². The molecule has 5 rings (SSSR count). The lowest BCUT2D eigenvalue weighted by Gasteiger charge is -2.18. The largest absolute Gasteiger partial charge is 0.368 e. The molecule has 4 aliphatic heterocycles. The van der Waals surface area contributed by atoms with Gasteiger partial charge in [0, 0.05) is 0 Å². The maximum atomic E-state index is 12.6. The first-order chi connectivity index (χ1) is 10.1. The molecule has 0 aliphatic carbocycles. The molecule has 2 bridgehead atoms. The summed E-state index contributed by atoms with van der Waals surface area (Å²) in [4.78, 5) is 26.5. The van der Waals surface area contributed by atoms with Gasteiger partial charge in [0.1, 0.15) is 12.2 Å². The van der Waals surface area contributed by atoms with Gasteiger partial charge in [-0.05, 0) is 18.2 Å². The van der Waals surface area contributed by atoms with Gasteiger partial charge in [0.15, 0.2) is 0 Å². The van der Waals surface area contributed by atoms with Gasteiger partial charge in [0.2, 0.25) is 11.8 Å². The van der Waals surface area contributed by atoms with Gasteiger partial charge < -0.3 is 9.47 Å². The number of imide groups is 1. The molecule has 4 saturated heterocycles. The van der Waals surface area contributed by atoms with Crippen molar-refractivity contribution in [2.45, 2.75) is 24.4 Å². The van der Waals surface area contributed by atoms with Crippen LogP contribution in [-0.4, -0.2) is 36.2 Å². The Bertz CT molecular complexity index is 676. The van der Waals surface area contributed by atoms with Gasteiger partial charge in [-0.25, -0.2) is 4.90 Å². The van der Waals surface area contributed by atoms with Crippen molar-refractivity contribution in [1.82, 2.24) is 0 Å². The molecule has 7 heteroatoms. The highest BCUT2D eigenvalue weighted by Gasteiger charge is 2.75. The fourth-order valence-electron chi connectivity index (χ4n) is 3.86. The Labute approximate surface area is 129 Å². The topological polar surface area (TPSA) is 59.1 Å². The van der Waals surface area contributed by atoms with E-state index < -0.39 is 11.8 Å². The number of hydrogen-bond donors (Lipinski definition) is 0.